The van der Waals surface area contributed by atoms with Crippen molar-refractivity contribution in [3.05, 3.63) is 82.7 Å². The van der Waals surface area contributed by atoms with Crippen molar-refractivity contribution < 1.29 is 63.6 Å². The van der Waals surface area contributed by atoms with Gasteiger partial charge in [-0.25, -0.2) is 0 Å². The number of hydrogen-bond acceptors (Lipinski definition) is 16. The number of aliphatic hydroxyl groups is 2. The molecule has 0 aliphatic carbocycles. The molecule has 17 nitrogen and oxygen atoms in total. The molecule has 1 amide bonds. The van der Waals surface area contributed by atoms with E-state index >= 15 is 0 Å². The lowest BCUT2D eigenvalue weighted by molar-refractivity contribution is -0.160. The average molecular weight is 957 g/mol. The van der Waals surface area contributed by atoms with Gasteiger partial charge >= 0.3 is 11.8 Å². The van der Waals surface area contributed by atoms with E-state index in [4.69, 9.17) is 28.8 Å². The van der Waals surface area contributed by atoms with Crippen LogP contribution in [0, 0.1) is 30.6 Å². The van der Waals surface area contributed by atoms with E-state index in [0.29, 0.717) is 19.6 Å². The Morgan fingerprint density at radius 2 is 1.61 bits per heavy atom. The van der Waals surface area contributed by atoms with Crippen molar-refractivity contribution in [1.29, 1.82) is 0 Å². The molecule has 4 heterocycles. The summed E-state index contributed by atoms with van der Waals surface area (Å²) in [5, 5.41) is 68.2. The minimum Gasteiger partial charge on any atom is -0.507 e. The maximum atomic E-state index is 14.7. The van der Waals surface area contributed by atoms with Crippen LogP contribution in [-0.2, 0) is 30.3 Å². The summed E-state index contributed by atoms with van der Waals surface area (Å²) in [6.07, 6.45) is 4.84. The third kappa shape index (κ3) is 10.6. The second-order valence-electron chi connectivity index (χ2n) is 19.0. The summed E-state index contributed by atoms with van der Waals surface area (Å²) in [6, 6.07) is 7.59. The molecule has 4 aliphatic heterocycles. The molecule has 1 saturated heterocycles. The number of aliphatic hydroxyl groups excluding tert-OH is 2. The monoisotopic (exact) mass is 956 g/mol. The first-order valence-electron chi connectivity index (χ1n) is 23.3. The topological polar surface area (TPSA) is 229 Å². The Hall–Kier alpha value is -6.14. The number of allylic oxidation sites excluding steroid dienone is 2. The van der Waals surface area contributed by atoms with Crippen molar-refractivity contribution in [2.75, 3.05) is 32.6 Å². The Morgan fingerprint density at radius 1 is 0.928 bits per heavy atom. The van der Waals surface area contributed by atoms with Crippen LogP contribution in [0.15, 0.2) is 65.5 Å². The highest BCUT2D eigenvalue weighted by atomic mass is 16.7. The number of hydrogen-bond donors (Lipinski definition) is 6. The van der Waals surface area contributed by atoms with Gasteiger partial charge in [-0.1, -0.05) is 58.1 Å². The molecule has 5 bridgehead atoms. The maximum Gasteiger partial charge on any atom is 0.312 e. The van der Waals surface area contributed by atoms with Gasteiger partial charge in [0.15, 0.2) is 5.75 Å². The first-order chi connectivity index (χ1) is 32.5. The molecule has 17 heteroatoms. The SMILES string of the molecule is COc1cccc(CN2CC(C)N(N=Cc3c4c(O)c5c(O)c(C)c6c(c5c3O)C(=O)C(C)(O/C=C/C(OC)C(C)C(OC(C)=O)C(C)C(O)C(C)C(O)C(C)/C=C/C=C(\C)C(=O)N4)O6)C(C)C2)c1. The number of carbonyl (C=O) groups is 3. The van der Waals surface area contributed by atoms with Crippen molar-refractivity contribution in [2.24, 2.45) is 28.8 Å². The lowest BCUT2D eigenvalue weighted by Gasteiger charge is -2.42. The highest BCUT2D eigenvalue weighted by Gasteiger charge is 2.50. The van der Waals surface area contributed by atoms with E-state index < -0.39 is 88.8 Å². The molecule has 374 valence electrons. The van der Waals surface area contributed by atoms with Crippen LogP contribution < -0.4 is 14.8 Å². The summed E-state index contributed by atoms with van der Waals surface area (Å²) in [7, 11) is 3.07. The Balaban J connectivity index is 1.47. The summed E-state index contributed by atoms with van der Waals surface area (Å²) in [5.74, 6) is -7.77. The summed E-state index contributed by atoms with van der Waals surface area (Å²) in [6.45, 7) is 18.5. The minimum atomic E-state index is -2.07. The molecule has 0 spiro atoms. The zero-order chi connectivity index (χ0) is 50.8. The number of rotatable bonds is 7. The van der Waals surface area contributed by atoms with Gasteiger partial charge in [0.25, 0.3) is 11.7 Å². The first-order valence-corrected chi connectivity index (χ1v) is 23.3. The second kappa shape index (κ2) is 21.2. The zero-order valence-corrected chi connectivity index (χ0v) is 41.5. The van der Waals surface area contributed by atoms with Gasteiger partial charge in [0.1, 0.15) is 29.1 Å². The third-order valence-electron chi connectivity index (χ3n) is 13.8. The molecule has 11 unspecified atom stereocenters. The standard InChI is InChI=1S/C52H68N4O13/c1-26-15-13-16-27(2)51(64)54-42-37(22-53-56-28(3)23-55(24-29(56)4)25-35-17-14-18-36(21-35)65-11)46(61)39-40(47(42)62)45(60)33(8)49-41(39)50(63)52(10,69-49)67-20-19-38(66-12)30(5)48(68-34(9)57)32(7)44(59)31(6)43(26)58/h13-22,26,28-32,38,43-44,48,58-62H,23-25H2,1-12H3,(H,54,64)/b15-13+,20-19+,27-16+,53-22?. The number of hydrazone groups is 1. The zero-order valence-electron chi connectivity index (χ0n) is 41.5. The summed E-state index contributed by atoms with van der Waals surface area (Å²) in [4.78, 5) is 43.4. The number of Topliss-reactive ketones (excluding diaryl/α,β-unsaturated/α-hetero) is 1. The molecule has 3 aromatic carbocycles. The second-order valence-corrected chi connectivity index (χ2v) is 19.0. The van der Waals surface area contributed by atoms with Gasteiger partial charge < -0.3 is 54.5 Å². The van der Waals surface area contributed by atoms with Gasteiger partial charge in [-0.2, -0.15) is 5.10 Å². The summed E-state index contributed by atoms with van der Waals surface area (Å²) < 4.78 is 29.2. The highest BCUT2D eigenvalue weighted by Crippen LogP contribution is 2.55. The van der Waals surface area contributed by atoms with Crippen LogP contribution in [0.5, 0.6) is 28.7 Å². The highest BCUT2D eigenvalue weighted by molar-refractivity contribution is 6.23. The molecule has 3 aromatic rings. The van der Waals surface area contributed by atoms with E-state index in [1.165, 1.54) is 59.4 Å². The summed E-state index contributed by atoms with van der Waals surface area (Å²) in [5.41, 5.74) is 0.652. The molecule has 0 aromatic heterocycles. The van der Waals surface area contributed by atoms with Crippen LogP contribution in [0.25, 0.3) is 10.8 Å². The van der Waals surface area contributed by atoms with Gasteiger partial charge in [0, 0.05) is 80.8 Å². The molecular formula is C52H68N4O13. The number of phenolic OH excluding ortho intramolecular Hbond substituents is 3. The van der Waals surface area contributed by atoms with Crippen molar-refractivity contribution in [3.8, 4) is 28.7 Å². The van der Waals surface area contributed by atoms with Crippen LogP contribution >= 0.6 is 0 Å². The molecule has 7 rings (SSSR count). The number of anilines is 1. The number of piperazine rings is 1. The predicted molar refractivity (Wildman–Crippen MR) is 260 cm³/mol. The van der Waals surface area contributed by atoms with E-state index in [-0.39, 0.29) is 56.6 Å². The normalized spacial score (nSPS) is 31.2. The fraction of sp³-hybridized carbons (Fsp3) is 0.500. The van der Waals surface area contributed by atoms with Crippen LogP contribution in [0.2, 0.25) is 0 Å². The Labute approximate surface area is 403 Å². The van der Waals surface area contributed by atoms with E-state index in [2.05, 4.69) is 10.2 Å². The van der Waals surface area contributed by atoms with E-state index in [0.717, 1.165) is 11.3 Å². The van der Waals surface area contributed by atoms with Crippen LogP contribution in [0.3, 0.4) is 0 Å². The Bertz CT molecular complexity index is 2540. The number of aromatic hydroxyl groups is 3. The van der Waals surface area contributed by atoms with Gasteiger partial charge in [-0.3, -0.25) is 24.3 Å². The Morgan fingerprint density at radius 3 is 2.25 bits per heavy atom. The third-order valence-corrected chi connectivity index (χ3v) is 13.8. The van der Waals surface area contributed by atoms with E-state index in [9.17, 15) is 39.9 Å². The lowest BCUT2D eigenvalue weighted by Crippen LogP contribution is -2.54. The molecule has 6 N–H and O–H groups in total. The Kier molecular flexibility index (Phi) is 16.1. The fourth-order valence-corrected chi connectivity index (χ4v) is 9.81. The fourth-order valence-electron chi connectivity index (χ4n) is 9.81. The first kappa shape index (κ1) is 52.2. The van der Waals surface area contributed by atoms with Gasteiger partial charge in [-0.05, 0) is 51.5 Å². The number of phenols is 3. The quantitative estimate of drug-likeness (QED) is 0.0627. The van der Waals surface area contributed by atoms with Gasteiger partial charge in [0.05, 0.1) is 72.2 Å². The van der Waals surface area contributed by atoms with Crippen LogP contribution in [0.1, 0.15) is 89.4 Å². The minimum absolute atomic E-state index is 0.0439. The number of esters is 1. The van der Waals surface area contributed by atoms with Crippen molar-refractivity contribution in [2.45, 2.75) is 118 Å². The van der Waals surface area contributed by atoms with Crippen LogP contribution in [0.4, 0.5) is 5.69 Å². The largest absolute Gasteiger partial charge is 0.507 e. The molecule has 11 atom stereocenters. The average Bonchev–Trinajstić information content (AvgIpc) is 3.57. The van der Waals surface area contributed by atoms with Crippen LogP contribution in [-0.4, -0.2) is 129 Å². The summed E-state index contributed by atoms with van der Waals surface area (Å²) >= 11 is 0. The number of fused-ring (bicyclic) bond motifs is 14. The van der Waals surface area contributed by atoms with E-state index in [1.807, 2.05) is 43.1 Å². The number of ketones is 1. The number of nitrogens with zero attached hydrogens (tertiary/aromatic N) is 3. The van der Waals surface area contributed by atoms with E-state index in [1.54, 1.807) is 47.0 Å². The molecule has 0 saturated carbocycles. The lowest BCUT2D eigenvalue weighted by atomic mass is 9.78. The smallest absolute Gasteiger partial charge is 0.312 e. The molecule has 69 heavy (non-hydrogen) atoms. The molecular weight excluding hydrogens is 889 g/mol. The van der Waals surface area contributed by atoms with Gasteiger partial charge in [-0.15, -0.1) is 0 Å². The van der Waals surface area contributed by atoms with Gasteiger partial charge in [0.2, 0.25) is 0 Å². The predicted octanol–water partition coefficient (Wildman–Crippen LogP) is 6.69. The number of methoxy groups -OCH3 is 2. The van der Waals surface area contributed by atoms with Crippen molar-refractivity contribution in [3.63, 3.8) is 0 Å². The molecule has 1 fully saturated rings. The number of nitrogens with one attached hydrogen (secondary N) is 1. The maximum absolute atomic E-state index is 14.7. The number of carbonyl (C=O) groups excluding carboxylic acids is 3. The molecule has 4 aliphatic rings. The van der Waals surface area contributed by atoms with Crippen molar-refractivity contribution >= 4 is 40.3 Å². The molecule has 0 radical (unpaired) electrons. The number of amides is 1. The van der Waals surface area contributed by atoms with Crippen molar-refractivity contribution in [1.82, 2.24) is 9.91 Å². The number of benzene rings is 3. The number of ether oxygens (including phenoxy) is 5.